The number of ether oxygens (including phenoxy) is 1. The largest absolute Gasteiger partial charge is 0.481 e. The van der Waals surface area contributed by atoms with Crippen LogP contribution in [0.3, 0.4) is 0 Å². The molecule has 6 heteroatoms. The molecule has 0 fully saturated rings. The van der Waals surface area contributed by atoms with Crippen LogP contribution >= 0.6 is 0 Å². The van der Waals surface area contributed by atoms with Gasteiger partial charge in [0, 0.05) is 6.42 Å². The zero-order valence-corrected chi connectivity index (χ0v) is 10.4. The first-order valence-electron chi connectivity index (χ1n) is 5.69. The normalized spacial score (nSPS) is 13.6. The molecule has 0 spiro atoms. The van der Waals surface area contributed by atoms with E-state index in [1.165, 1.54) is 12.1 Å². The molecule has 0 aliphatic carbocycles. The van der Waals surface area contributed by atoms with Gasteiger partial charge in [-0.05, 0) is 30.5 Å². The lowest BCUT2D eigenvalue weighted by atomic mass is 9.88. The molecule has 0 aromatic heterocycles. The summed E-state index contributed by atoms with van der Waals surface area (Å²) in [6, 6.07) is 4.76. The SMILES string of the molecule is COC(=O)C(O)(CCCC(=O)O)c1ccc(F)cc1. The minimum Gasteiger partial charge on any atom is -0.481 e. The molecule has 0 radical (unpaired) electrons. The molecule has 1 atom stereocenters. The Morgan fingerprint density at radius 3 is 2.37 bits per heavy atom. The molecule has 0 bridgehead atoms. The van der Waals surface area contributed by atoms with E-state index in [1.807, 2.05) is 0 Å². The summed E-state index contributed by atoms with van der Waals surface area (Å²) in [6.07, 6.45) is -0.198. The second-order valence-corrected chi connectivity index (χ2v) is 4.11. The van der Waals surface area contributed by atoms with Crippen LogP contribution in [0.5, 0.6) is 0 Å². The fourth-order valence-corrected chi connectivity index (χ4v) is 1.75. The van der Waals surface area contributed by atoms with E-state index in [9.17, 15) is 19.1 Å². The Morgan fingerprint density at radius 2 is 1.89 bits per heavy atom. The lowest BCUT2D eigenvalue weighted by Gasteiger charge is -2.25. The van der Waals surface area contributed by atoms with Crippen LogP contribution in [-0.4, -0.2) is 29.3 Å². The number of aliphatic carboxylic acids is 1. The van der Waals surface area contributed by atoms with Gasteiger partial charge in [0.15, 0.2) is 5.60 Å². The summed E-state index contributed by atoms with van der Waals surface area (Å²) in [5, 5.41) is 18.9. The summed E-state index contributed by atoms with van der Waals surface area (Å²) in [5.41, 5.74) is -1.79. The van der Waals surface area contributed by atoms with E-state index >= 15 is 0 Å². The van der Waals surface area contributed by atoms with E-state index in [0.29, 0.717) is 0 Å². The Labute approximate surface area is 109 Å². The highest BCUT2D eigenvalue weighted by Crippen LogP contribution is 2.29. The van der Waals surface area contributed by atoms with Crippen molar-refractivity contribution in [2.24, 2.45) is 0 Å². The van der Waals surface area contributed by atoms with Gasteiger partial charge in [0.1, 0.15) is 5.82 Å². The maximum absolute atomic E-state index is 12.8. The van der Waals surface area contributed by atoms with Gasteiger partial charge in [-0.1, -0.05) is 12.1 Å². The molecule has 104 valence electrons. The average Bonchev–Trinajstić information content (AvgIpc) is 2.37. The Hall–Kier alpha value is -1.95. The van der Waals surface area contributed by atoms with E-state index in [0.717, 1.165) is 19.2 Å². The zero-order valence-electron chi connectivity index (χ0n) is 10.4. The van der Waals surface area contributed by atoms with Crippen molar-refractivity contribution in [2.45, 2.75) is 24.9 Å². The molecule has 1 aromatic rings. The van der Waals surface area contributed by atoms with Gasteiger partial charge >= 0.3 is 11.9 Å². The van der Waals surface area contributed by atoms with Crippen LogP contribution in [0.25, 0.3) is 0 Å². The van der Waals surface area contributed by atoms with E-state index < -0.39 is 23.4 Å². The van der Waals surface area contributed by atoms with Crippen molar-refractivity contribution in [3.63, 3.8) is 0 Å². The summed E-state index contributed by atoms with van der Waals surface area (Å²) in [6.45, 7) is 0. The number of carboxylic acids is 1. The van der Waals surface area contributed by atoms with Gasteiger partial charge in [-0.15, -0.1) is 0 Å². The highest BCUT2D eigenvalue weighted by molar-refractivity contribution is 5.81. The number of carboxylic acid groups (broad SMARTS) is 1. The van der Waals surface area contributed by atoms with Gasteiger partial charge in [-0.2, -0.15) is 0 Å². The van der Waals surface area contributed by atoms with E-state index in [1.54, 1.807) is 0 Å². The van der Waals surface area contributed by atoms with Crippen LogP contribution in [0, 0.1) is 5.82 Å². The summed E-state index contributed by atoms with van der Waals surface area (Å²) in [4.78, 5) is 22.1. The van der Waals surface area contributed by atoms with Crippen LogP contribution in [-0.2, 0) is 19.9 Å². The highest BCUT2D eigenvalue weighted by Gasteiger charge is 2.38. The third kappa shape index (κ3) is 3.75. The van der Waals surface area contributed by atoms with Crippen molar-refractivity contribution >= 4 is 11.9 Å². The number of aliphatic hydroxyl groups is 1. The lowest BCUT2D eigenvalue weighted by Crippen LogP contribution is -2.37. The number of hydrogen-bond donors (Lipinski definition) is 2. The molecule has 1 rings (SSSR count). The maximum atomic E-state index is 12.8. The quantitative estimate of drug-likeness (QED) is 0.764. The van der Waals surface area contributed by atoms with Gasteiger partial charge in [0.05, 0.1) is 7.11 Å². The summed E-state index contributed by atoms with van der Waals surface area (Å²) >= 11 is 0. The van der Waals surface area contributed by atoms with E-state index in [-0.39, 0.29) is 24.8 Å². The highest BCUT2D eigenvalue weighted by atomic mass is 19.1. The van der Waals surface area contributed by atoms with Crippen molar-refractivity contribution in [1.29, 1.82) is 0 Å². The first-order valence-corrected chi connectivity index (χ1v) is 5.69. The standard InChI is InChI=1S/C13H15FO5/c1-19-12(17)13(18,8-2-3-11(15)16)9-4-6-10(14)7-5-9/h4-7,18H,2-3,8H2,1H3,(H,15,16). The molecule has 0 saturated heterocycles. The molecule has 5 nitrogen and oxygen atoms in total. The molecule has 0 saturated carbocycles. The van der Waals surface area contributed by atoms with E-state index in [4.69, 9.17) is 5.11 Å². The molecule has 2 N–H and O–H groups in total. The minimum atomic E-state index is -1.96. The Balaban J connectivity index is 2.95. The monoisotopic (exact) mass is 270 g/mol. The number of carbonyl (C=O) groups is 2. The maximum Gasteiger partial charge on any atom is 0.342 e. The fourth-order valence-electron chi connectivity index (χ4n) is 1.75. The van der Waals surface area contributed by atoms with Crippen LogP contribution in [0.1, 0.15) is 24.8 Å². The molecule has 0 heterocycles. The minimum absolute atomic E-state index is 0.0955. The van der Waals surface area contributed by atoms with Gasteiger partial charge in [-0.3, -0.25) is 4.79 Å². The van der Waals surface area contributed by atoms with Crippen LogP contribution in [0.2, 0.25) is 0 Å². The van der Waals surface area contributed by atoms with Gasteiger partial charge < -0.3 is 14.9 Å². The topological polar surface area (TPSA) is 83.8 Å². The van der Waals surface area contributed by atoms with Gasteiger partial charge in [-0.25, -0.2) is 9.18 Å². The van der Waals surface area contributed by atoms with Crippen LogP contribution < -0.4 is 0 Å². The second-order valence-electron chi connectivity index (χ2n) is 4.11. The number of benzene rings is 1. The second kappa shape index (κ2) is 6.29. The van der Waals surface area contributed by atoms with Crippen molar-refractivity contribution < 1.29 is 28.9 Å². The predicted molar refractivity (Wildman–Crippen MR) is 63.8 cm³/mol. The van der Waals surface area contributed by atoms with Crippen molar-refractivity contribution in [2.75, 3.05) is 7.11 Å². The Morgan fingerprint density at radius 1 is 1.32 bits per heavy atom. The van der Waals surface area contributed by atoms with Crippen molar-refractivity contribution in [3.8, 4) is 0 Å². The average molecular weight is 270 g/mol. The zero-order chi connectivity index (χ0) is 14.5. The van der Waals surface area contributed by atoms with Gasteiger partial charge in [0.2, 0.25) is 0 Å². The molecule has 1 aromatic carbocycles. The lowest BCUT2D eigenvalue weighted by molar-refractivity contribution is -0.165. The van der Waals surface area contributed by atoms with Gasteiger partial charge in [0.25, 0.3) is 0 Å². The molecule has 0 aliphatic rings. The number of rotatable bonds is 6. The summed E-state index contributed by atoms with van der Waals surface area (Å²) < 4.78 is 17.4. The molecule has 0 amide bonds. The number of carbonyl (C=O) groups excluding carboxylic acids is 1. The third-order valence-electron chi connectivity index (χ3n) is 2.77. The summed E-state index contributed by atoms with van der Waals surface area (Å²) in [7, 11) is 1.12. The molecule has 19 heavy (non-hydrogen) atoms. The number of halogens is 1. The van der Waals surface area contributed by atoms with Crippen molar-refractivity contribution in [3.05, 3.63) is 35.6 Å². The van der Waals surface area contributed by atoms with E-state index in [2.05, 4.69) is 4.74 Å². The fraction of sp³-hybridized carbons (Fsp3) is 0.385. The number of esters is 1. The first kappa shape index (κ1) is 15.1. The van der Waals surface area contributed by atoms with Crippen LogP contribution in [0.15, 0.2) is 24.3 Å². The molecular weight excluding hydrogens is 255 g/mol. The Bertz CT molecular complexity index is 457. The molecule has 1 unspecified atom stereocenters. The smallest absolute Gasteiger partial charge is 0.342 e. The summed E-state index contributed by atoms with van der Waals surface area (Å²) in [5.74, 6) is -2.42. The first-order chi connectivity index (χ1) is 8.90. The third-order valence-corrected chi connectivity index (χ3v) is 2.77. The number of methoxy groups -OCH3 is 1. The predicted octanol–water partition coefficient (Wildman–Crippen LogP) is 1.44. The van der Waals surface area contributed by atoms with Crippen molar-refractivity contribution in [1.82, 2.24) is 0 Å². The van der Waals surface area contributed by atoms with Crippen LogP contribution in [0.4, 0.5) is 4.39 Å². The molecule has 0 aliphatic heterocycles. The number of hydrogen-bond acceptors (Lipinski definition) is 4. The molecular formula is C13H15FO5. The Kier molecular flexibility index (Phi) is 5.00.